The number of rotatable bonds is 6. The Bertz CT molecular complexity index is 2130. The van der Waals surface area contributed by atoms with Crippen LogP contribution in [0.3, 0.4) is 0 Å². The van der Waals surface area contributed by atoms with Crippen molar-refractivity contribution in [2.45, 2.75) is 102 Å². The lowest BCUT2D eigenvalue weighted by molar-refractivity contribution is -0.137. The summed E-state index contributed by atoms with van der Waals surface area (Å²) in [6.07, 6.45) is 7.77. The van der Waals surface area contributed by atoms with Crippen molar-refractivity contribution in [3.05, 3.63) is 53.1 Å². The molecule has 2 saturated carbocycles. The molecular formula is C41H53N5O7S. The fourth-order valence-corrected chi connectivity index (χ4v) is 10.4. The number of amides is 3. The van der Waals surface area contributed by atoms with Gasteiger partial charge in [0.1, 0.15) is 11.4 Å². The molecular weight excluding hydrogens is 707 g/mol. The van der Waals surface area contributed by atoms with E-state index in [0.717, 1.165) is 76.3 Å². The van der Waals surface area contributed by atoms with Crippen molar-refractivity contribution in [1.29, 1.82) is 0 Å². The molecule has 4 atom stereocenters. The van der Waals surface area contributed by atoms with Crippen LogP contribution in [0.15, 0.2) is 36.4 Å². The molecule has 54 heavy (non-hydrogen) atoms. The maximum absolute atomic E-state index is 15.2. The van der Waals surface area contributed by atoms with Crippen molar-refractivity contribution in [2.75, 3.05) is 40.8 Å². The van der Waals surface area contributed by atoms with E-state index in [9.17, 15) is 18.0 Å². The normalized spacial score (nSPS) is 25.4. The van der Waals surface area contributed by atoms with Gasteiger partial charge in [0.05, 0.1) is 24.3 Å². The highest BCUT2D eigenvalue weighted by atomic mass is 32.2. The molecule has 3 amide bonds. The van der Waals surface area contributed by atoms with Gasteiger partial charge in [0, 0.05) is 68.2 Å². The van der Waals surface area contributed by atoms with E-state index in [1.807, 2.05) is 42.7 Å². The molecule has 1 aromatic heterocycles. The Balaban J connectivity index is 1.23. The molecule has 0 spiro atoms. The van der Waals surface area contributed by atoms with Crippen molar-refractivity contribution in [3.8, 4) is 17.0 Å². The Morgan fingerprint density at radius 2 is 1.72 bits per heavy atom. The fraction of sp³-hybridized carbons (Fsp3) is 0.585. The molecule has 3 aliphatic heterocycles. The molecule has 4 heterocycles. The standard InChI is InChI=1S/C41H53N5O7S/c1-40(2,3)53-39(49)45-18-10-13-27-22-44(23-34(27)45)38(48)41-21-32(41)31-20-28(52-6)15-17-29(31)36-35(25-11-8-7-9-12-25)30-16-14-26(19-33(30)46(36)24-41)37(47)42-54(50,51)43(4)5/h14-17,19-20,25,27,32,34H,7-13,18,21-24H2,1-6H3,(H,42,47)/t27?,32-,34?,41-/m0/s1. The van der Waals surface area contributed by atoms with Crippen LogP contribution in [0.5, 0.6) is 5.75 Å². The van der Waals surface area contributed by atoms with Crippen LogP contribution in [-0.2, 0) is 26.3 Å². The molecule has 13 heteroatoms. The van der Waals surface area contributed by atoms with Crippen molar-refractivity contribution >= 4 is 39.0 Å². The topological polar surface area (TPSA) is 130 Å². The first-order chi connectivity index (χ1) is 25.6. The van der Waals surface area contributed by atoms with E-state index in [1.165, 1.54) is 26.1 Å². The number of hydrogen-bond acceptors (Lipinski definition) is 7. The average Bonchev–Trinajstić information content (AvgIpc) is 3.59. The summed E-state index contributed by atoms with van der Waals surface area (Å²) < 4.78 is 42.3. The number of aromatic nitrogens is 1. The molecule has 0 radical (unpaired) electrons. The van der Waals surface area contributed by atoms with E-state index in [0.29, 0.717) is 38.5 Å². The second kappa shape index (κ2) is 13.3. The summed E-state index contributed by atoms with van der Waals surface area (Å²) in [6, 6.07) is 11.6. The number of ether oxygens (including phenoxy) is 2. The number of hydrogen-bond donors (Lipinski definition) is 1. The minimum atomic E-state index is -4.01. The zero-order chi connectivity index (χ0) is 38.3. The van der Waals surface area contributed by atoms with Crippen molar-refractivity contribution in [1.82, 2.24) is 23.4 Å². The van der Waals surface area contributed by atoms with Gasteiger partial charge in [0.2, 0.25) is 5.91 Å². The van der Waals surface area contributed by atoms with E-state index < -0.39 is 27.1 Å². The van der Waals surface area contributed by atoms with Gasteiger partial charge in [-0.15, -0.1) is 0 Å². The second-order valence-electron chi connectivity index (χ2n) is 17.4. The molecule has 290 valence electrons. The van der Waals surface area contributed by atoms with Crippen molar-refractivity contribution < 1.29 is 32.3 Å². The number of fused-ring (bicyclic) bond motifs is 8. The first-order valence-corrected chi connectivity index (χ1v) is 20.9. The van der Waals surface area contributed by atoms with Gasteiger partial charge >= 0.3 is 16.3 Å². The van der Waals surface area contributed by atoms with Crippen LogP contribution in [0.25, 0.3) is 22.2 Å². The smallest absolute Gasteiger partial charge is 0.410 e. The predicted molar refractivity (Wildman–Crippen MR) is 206 cm³/mol. The maximum Gasteiger partial charge on any atom is 0.410 e. The fourth-order valence-electron chi connectivity index (χ4n) is 9.90. The molecule has 2 unspecified atom stereocenters. The average molecular weight is 760 g/mol. The van der Waals surface area contributed by atoms with Gasteiger partial charge in [-0.3, -0.25) is 9.59 Å². The molecule has 3 aromatic rings. The number of carbonyl (C=O) groups is 3. The molecule has 2 aliphatic carbocycles. The molecule has 0 bridgehead atoms. The van der Waals surface area contributed by atoms with E-state index in [2.05, 4.69) is 21.4 Å². The minimum absolute atomic E-state index is 0.0365. The van der Waals surface area contributed by atoms with E-state index in [-0.39, 0.29) is 35.4 Å². The highest BCUT2D eigenvalue weighted by Crippen LogP contribution is 2.66. The van der Waals surface area contributed by atoms with E-state index in [1.54, 1.807) is 19.2 Å². The molecule has 8 rings (SSSR count). The Morgan fingerprint density at radius 3 is 2.43 bits per heavy atom. The van der Waals surface area contributed by atoms with Gasteiger partial charge in [-0.2, -0.15) is 12.7 Å². The Kier molecular flexibility index (Phi) is 9.07. The zero-order valence-corrected chi connectivity index (χ0v) is 33.1. The van der Waals surface area contributed by atoms with Gasteiger partial charge in [-0.1, -0.05) is 25.3 Å². The zero-order valence-electron chi connectivity index (χ0n) is 32.3. The van der Waals surface area contributed by atoms with Gasteiger partial charge in [0.25, 0.3) is 5.91 Å². The third kappa shape index (κ3) is 6.24. The molecule has 1 N–H and O–H groups in total. The highest BCUT2D eigenvalue weighted by Gasteiger charge is 2.65. The number of nitrogens with one attached hydrogen (secondary N) is 1. The lowest BCUT2D eigenvalue weighted by Gasteiger charge is -2.37. The van der Waals surface area contributed by atoms with Crippen LogP contribution < -0.4 is 9.46 Å². The summed E-state index contributed by atoms with van der Waals surface area (Å²) in [7, 11) is 0.411. The summed E-state index contributed by atoms with van der Waals surface area (Å²) in [4.78, 5) is 45.9. The van der Waals surface area contributed by atoms with Crippen LogP contribution in [0.1, 0.15) is 105 Å². The minimum Gasteiger partial charge on any atom is -0.497 e. The van der Waals surface area contributed by atoms with Gasteiger partial charge in [-0.05, 0) is 106 Å². The quantitative estimate of drug-likeness (QED) is 0.315. The molecule has 12 nitrogen and oxygen atoms in total. The van der Waals surface area contributed by atoms with Crippen molar-refractivity contribution in [2.24, 2.45) is 11.3 Å². The molecule has 5 aliphatic rings. The first-order valence-electron chi connectivity index (χ1n) is 19.5. The third-order valence-electron chi connectivity index (χ3n) is 12.6. The number of nitrogens with zero attached hydrogens (tertiary/aromatic N) is 4. The summed E-state index contributed by atoms with van der Waals surface area (Å²) in [5, 5.41) is 1.03. The Morgan fingerprint density at radius 1 is 0.963 bits per heavy atom. The predicted octanol–water partition coefficient (Wildman–Crippen LogP) is 6.25. The van der Waals surface area contributed by atoms with Crippen LogP contribution in [0.2, 0.25) is 0 Å². The number of piperidine rings is 1. The van der Waals surface area contributed by atoms with Crippen molar-refractivity contribution in [3.63, 3.8) is 0 Å². The monoisotopic (exact) mass is 759 g/mol. The number of methoxy groups -OCH3 is 1. The lowest BCUT2D eigenvalue weighted by atomic mass is 9.81. The van der Waals surface area contributed by atoms with Gasteiger partial charge in [0.15, 0.2) is 0 Å². The lowest BCUT2D eigenvalue weighted by Crippen LogP contribution is -2.50. The number of benzene rings is 2. The Hall–Kier alpha value is -4.10. The summed E-state index contributed by atoms with van der Waals surface area (Å²) >= 11 is 0. The summed E-state index contributed by atoms with van der Waals surface area (Å²) in [5.41, 5.74) is 4.22. The first kappa shape index (κ1) is 36.9. The maximum atomic E-state index is 15.2. The van der Waals surface area contributed by atoms with Gasteiger partial charge < -0.3 is 23.8 Å². The van der Waals surface area contributed by atoms with Crippen LogP contribution in [-0.4, -0.2) is 97.5 Å². The second-order valence-corrected chi connectivity index (χ2v) is 19.2. The molecule has 2 saturated heterocycles. The number of likely N-dealkylation sites (tertiary alicyclic amines) is 2. The van der Waals surface area contributed by atoms with E-state index >= 15 is 4.79 Å². The Labute approximate surface area is 318 Å². The van der Waals surface area contributed by atoms with Crippen LogP contribution in [0, 0.1) is 11.3 Å². The largest absolute Gasteiger partial charge is 0.497 e. The SMILES string of the molecule is COc1ccc2c(c1)[C@@H]1C[C@]1(C(=O)N1CC3CCCN(C(=O)OC(C)(C)C)C3C1)Cn1c-2c(C2CCCCC2)c2ccc(C(=O)NS(=O)(=O)N(C)C)cc21. The molecule has 4 fully saturated rings. The number of carbonyl (C=O) groups excluding carboxylic acids is 3. The summed E-state index contributed by atoms with van der Waals surface area (Å²) in [6.45, 7) is 7.74. The third-order valence-corrected chi connectivity index (χ3v) is 14.0. The van der Waals surface area contributed by atoms with Gasteiger partial charge in [-0.25, -0.2) is 9.52 Å². The molecule has 2 aromatic carbocycles. The van der Waals surface area contributed by atoms with Crippen LogP contribution in [0.4, 0.5) is 4.79 Å². The van der Waals surface area contributed by atoms with Crippen LogP contribution >= 0.6 is 0 Å². The highest BCUT2D eigenvalue weighted by molar-refractivity contribution is 7.87. The summed E-state index contributed by atoms with van der Waals surface area (Å²) in [5.74, 6) is 0.589. The van der Waals surface area contributed by atoms with E-state index in [4.69, 9.17) is 9.47 Å².